The highest BCUT2D eigenvalue weighted by Gasteiger charge is 2.42. The predicted molar refractivity (Wildman–Crippen MR) is 66.0 cm³/mol. The number of ether oxygens (including phenoxy) is 1. The van der Waals surface area contributed by atoms with Crippen molar-refractivity contribution in [3.05, 3.63) is 0 Å². The normalized spacial score (nSPS) is 30.6. The van der Waals surface area contributed by atoms with Gasteiger partial charge in [0.25, 0.3) is 0 Å². The number of amides is 2. The van der Waals surface area contributed by atoms with E-state index >= 15 is 0 Å². The van der Waals surface area contributed by atoms with E-state index in [4.69, 9.17) is 0 Å². The van der Waals surface area contributed by atoms with Crippen LogP contribution >= 0.6 is 11.8 Å². The zero-order chi connectivity index (χ0) is 12.3. The second kappa shape index (κ2) is 5.62. The van der Waals surface area contributed by atoms with Crippen molar-refractivity contribution in [2.75, 3.05) is 12.9 Å². The number of nitrogens with one attached hydrogen (secondary N) is 2. The standard InChI is InChI=1S/C11H18N2O3S/c1-16-9(14)5-3-2-4-8-10-7(6-17-8)12-11(15)13-10/h7-8,10H,2-6H2,1H3,(H2,12,13,15)/t7?,8-,10?/m0/s1. The molecule has 2 aliphatic heterocycles. The Morgan fingerprint density at radius 1 is 1.47 bits per heavy atom. The number of urea groups is 1. The van der Waals surface area contributed by atoms with E-state index in [0.717, 1.165) is 25.0 Å². The van der Waals surface area contributed by atoms with Crippen LogP contribution in [-0.4, -0.2) is 42.2 Å². The summed E-state index contributed by atoms with van der Waals surface area (Å²) in [4.78, 5) is 22.1. The minimum atomic E-state index is -0.141. The number of methoxy groups -OCH3 is 1. The Bertz CT molecular complexity index is 311. The van der Waals surface area contributed by atoms with Crippen molar-refractivity contribution in [2.45, 2.75) is 43.0 Å². The van der Waals surface area contributed by atoms with Crippen molar-refractivity contribution in [1.82, 2.24) is 10.6 Å². The van der Waals surface area contributed by atoms with E-state index < -0.39 is 0 Å². The van der Waals surface area contributed by atoms with Crippen molar-refractivity contribution in [1.29, 1.82) is 0 Å². The molecule has 2 heterocycles. The third-order valence-corrected chi connectivity index (χ3v) is 4.79. The average molecular weight is 258 g/mol. The summed E-state index contributed by atoms with van der Waals surface area (Å²) in [5, 5.41) is 6.37. The highest BCUT2D eigenvalue weighted by Crippen LogP contribution is 2.33. The van der Waals surface area contributed by atoms with Crippen LogP contribution in [0.2, 0.25) is 0 Å². The smallest absolute Gasteiger partial charge is 0.315 e. The van der Waals surface area contributed by atoms with Crippen molar-refractivity contribution < 1.29 is 14.3 Å². The summed E-state index contributed by atoms with van der Waals surface area (Å²) in [5.74, 6) is 0.850. The molecular formula is C11H18N2O3S. The molecular weight excluding hydrogens is 240 g/mol. The summed E-state index contributed by atoms with van der Waals surface area (Å²) in [6.45, 7) is 0. The van der Waals surface area contributed by atoms with Crippen LogP contribution in [-0.2, 0) is 9.53 Å². The molecule has 96 valence electrons. The number of fused-ring (bicyclic) bond motifs is 1. The first-order valence-electron chi connectivity index (χ1n) is 5.96. The minimum absolute atomic E-state index is 0.0418. The van der Waals surface area contributed by atoms with Gasteiger partial charge < -0.3 is 15.4 Å². The summed E-state index contributed by atoms with van der Waals surface area (Å²) in [7, 11) is 1.42. The lowest BCUT2D eigenvalue weighted by Gasteiger charge is -2.16. The van der Waals surface area contributed by atoms with Gasteiger partial charge in [0.1, 0.15) is 0 Å². The van der Waals surface area contributed by atoms with E-state index in [-0.39, 0.29) is 24.1 Å². The molecule has 0 saturated carbocycles. The molecule has 0 aromatic rings. The number of hydrogen-bond acceptors (Lipinski definition) is 4. The summed E-state index contributed by atoms with van der Waals surface area (Å²) in [6.07, 6.45) is 3.41. The Labute approximate surface area is 105 Å². The Balaban J connectivity index is 1.66. The quantitative estimate of drug-likeness (QED) is 0.436. The van der Waals surface area contributed by atoms with Crippen LogP contribution in [0, 0.1) is 0 Å². The van der Waals surface area contributed by atoms with Crippen LogP contribution in [0.4, 0.5) is 4.79 Å². The zero-order valence-electron chi connectivity index (χ0n) is 9.90. The van der Waals surface area contributed by atoms with Crippen LogP contribution in [0.3, 0.4) is 0 Å². The molecule has 5 nitrogen and oxygen atoms in total. The largest absolute Gasteiger partial charge is 0.469 e. The van der Waals surface area contributed by atoms with Crippen LogP contribution in [0.25, 0.3) is 0 Å². The summed E-state index contributed by atoms with van der Waals surface area (Å²) < 4.78 is 4.59. The maximum absolute atomic E-state index is 11.2. The molecule has 2 aliphatic rings. The zero-order valence-corrected chi connectivity index (χ0v) is 10.7. The molecule has 2 saturated heterocycles. The van der Waals surface area contributed by atoms with Crippen molar-refractivity contribution in [2.24, 2.45) is 0 Å². The molecule has 2 fully saturated rings. The molecule has 17 heavy (non-hydrogen) atoms. The fourth-order valence-corrected chi connectivity index (χ4v) is 3.90. The molecule has 2 N–H and O–H groups in total. The Morgan fingerprint density at radius 3 is 3.06 bits per heavy atom. The number of carbonyl (C=O) groups is 2. The molecule has 2 amide bonds. The van der Waals surface area contributed by atoms with E-state index in [1.54, 1.807) is 0 Å². The Morgan fingerprint density at radius 2 is 2.29 bits per heavy atom. The highest BCUT2D eigenvalue weighted by atomic mass is 32.2. The second-order valence-electron chi connectivity index (χ2n) is 4.44. The highest BCUT2D eigenvalue weighted by molar-refractivity contribution is 8.00. The van der Waals surface area contributed by atoms with Crippen molar-refractivity contribution in [3.8, 4) is 0 Å². The molecule has 0 bridgehead atoms. The maximum Gasteiger partial charge on any atom is 0.315 e. The number of carbonyl (C=O) groups excluding carboxylic acids is 2. The van der Waals surface area contributed by atoms with Gasteiger partial charge in [-0.15, -0.1) is 0 Å². The third kappa shape index (κ3) is 3.06. The van der Waals surface area contributed by atoms with Gasteiger partial charge in [0.2, 0.25) is 0 Å². The number of unbranched alkanes of at least 4 members (excludes halogenated alkanes) is 1. The first-order valence-corrected chi connectivity index (χ1v) is 7.01. The molecule has 2 rings (SSSR count). The lowest BCUT2D eigenvalue weighted by Crippen LogP contribution is -2.36. The van der Waals surface area contributed by atoms with Gasteiger partial charge in [-0.1, -0.05) is 6.42 Å². The molecule has 6 heteroatoms. The Kier molecular flexibility index (Phi) is 4.15. The van der Waals surface area contributed by atoms with Gasteiger partial charge in [-0.25, -0.2) is 4.79 Å². The van der Waals surface area contributed by atoms with Crippen molar-refractivity contribution >= 4 is 23.8 Å². The predicted octanol–water partition coefficient (Wildman–Crippen LogP) is 0.885. The number of thioether (sulfide) groups is 1. The number of rotatable bonds is 5. The Hall–Kier alpha value is -0.910. The fourth-order valence-electron chi connectivity index (χ4n) is 2.36. The van der Waals surface area contributed by atoms with Gasteiger partial charge in [0, 0.05) is 17.4 Å². The van der Waals surface area contributed by atoms with Gasteiger partial charge >= 0.3 is 12.0 Å². The number of esters is 1. The summed E-state index contributed by atoms with van der Waals surface area (Å²) in [6, 6.07) is 0.517. The van der Waals surface area contributed by atoms with E-state index in [1.165, 1.54) is 7.11 Å². The third-order valence-electron chi connectivity index (χ3n) is 3.29. The average Bonchev–Trinajstić information content (AvgIpc) is 2.84. The minimum Gasteiger partial charge on any atom is -0.469 e. The summed E-state index contributed by atoms with van der Waals surface area (Å²) >= 11 is 1.91. The lowest BCUT2D eigenvalue weighted by molar-refractivity contribution is -0.140. The molecule has 0 spiro atoms. The molecule has 0 aromatic carbocycles. The van der Waals surface area contributed by atoms with Crippen LogP contribution in [0.1, 0.15) is 25.7 Å². The first kappa shape index (κ1) is 12.5. The second-order valence-corrected chi connectivity index (χ2v) is 5.72. The SMILES string of the molecule is COC(=O)CCCC[C@@H]1SCC2NC(=O)NC21. The topological polar surface area (TPSA) is 67.4 Å². The van der Waals surface area contributed by atoms with Gasteiger partial charge in [0.05, 0.1) is 19.2 Å². The van der Waals surface area contributed by atoms with Gasteiger partial charge in [-0.3, -0.25) is 4.79 Å². The lowest BCUT2D eigenvalue weighted by atomic mass is 10.0. The van der Waals surface area contributed by atoms with Crippen LogP contribution in [0.15, 0.2) is 0 Å². The van der Waals surface area contributed by atoms with Gasteiger partial charge in [-0.05, 0) is 12.8 Å². The van der Waals surface area contributed by atoms with E-state index in [0.29, 0.717) is 11.7 Å². The fraction of sp³-hybridized carbons (Fsp3) is 0.818. The van der Waals surface area contributed by atoms with Gasteiger partial charge in [0.15, 0.2) is 0 Å². The maximum atomic E-state index is 11.2. The van der Waals surface area contributed by atoms with E-state index in [9.17, 15) is 9.59 Å². The van der Waals surface area contributed by atoms with Crippen LogP contribution < -0.4 is 10.6 Å². The molecule has 2 unspecified atom stereocenters. The molecule has 0 radical (unpaired) electrons. The van der Waals surface area contributed by atoms with Crippen LogP contribution in [0.5, 0.6) is 0 Å². The molecule has 3 atom stereocenters. The van der Waals surface area contributed by atoms with Gasteiger partial charge in [-0.2, -0.15) is 11.8 Å². The monoisotopic (exact) mass is 258 g/mol. The van der Waals surface area contributed by atoms with E-state index in [1.807, 2.05) is 11.8 Å². The molecule has 0 aliphatic carbocycles. The first-order chi connectivity index (χ1) is 8.20. The molecule has 0 aromatic heterocycles. The number of hydrogen-bond donors (Lipinski definition) is 2. The summed E-state index contributed by atoms with van der Waals surface area (Å²) in [5.41, 5.74) is 0. The van der Waals surface area contributed by atoms with E-state index in [2.05, 4.69) is 15.4 Å². The van der Waals surface area contributed by atoms with Crippen molar-refractivity contribution in [3.63, 3.8) is 0 Å².